The molecule has 1 aromatic rings. The molecule has 0 spiro atoms. The minimum absolute atomic E-state index is 0.00945. The van der Waals surface area contributed by atoms with Crippen molar-refractivity contribution in [2.75, 3.05) is 14.2 Å². The molecule has 23 heavy (non-hydrogen) atoms. The number of rotatable bonds is 8. The van der Waals surface area contributed by atoms with E-state index in [1.165, 1.54) is 14.2 Å². The van der Waals surface area contributed by atoms with E-state index in [1.807, 2.05) is 30.3 Å². The third-order valence-electron chi connectivity index (χ3n) is 3.30. The molecule has 7 heteroatoms. The summed E-state index contributed by atoms with van der Waals surface area (Å²) in [6.45, 7) is 0. The summed E-state index contributed by atoms with van der Waals surface area (Å²) in [7, 11) is 2.47. The first-order valence-corrected chi connectivity index (χ1v) is 7.22. The van der Waals surface area contributed by atoms with Crippen molar-refractivity contribution in [3.8, 4) is 0 Å². The lowest BCUT2D eigenvalue weighted by Crippen LogP contribution is -2.49. The molecule has 1 amide bonds. The molecular weight excluding hydrogens is 300 g/mol. The van der Waals surface area contributed by atoms with Crippen LogP contribution in [0.1, 0.15) is 18.4 Å². The van der Waals surface area contributed by atoms with Crippen LogP contribution in [0.4, 0.5) is 0 Å². The van der Waals surface area contributed by atoms with Gasteiger partial charge in [-0.2, -0.15) is 0 Å². The van der Waals surface area contributed by atoms with Gasteiger partial charge < -0.3 is 20.5 Å². The highest BCUT2D eigenvalue weighted by Gasteiger charge is 2.25. The van der Waals surface area contributed by atoms with Gasteiger partial charge in [-0.3, -0.25) is 9.59 Å². The minimum atomic E-state index is -0.937. The van der Waals surface area contributed by atoms with Crippen molar-refractivity contribution in [1.82, 2.24) is 5.32 Å². The van der Waals surface area contributed by atoms with E-state index < -0.39 is 29.9 Å². The van der Waals surface area contributed by atoms with Gasteiger partial charge in [0.25, 0.3) is 0 Å². The molecule has 0 aliphatic heterocycles. The molecule has 2 atom stereocenters. The van der Waals surface area contributed by atoms with Crippen LogP contribution >= 0.6 is 0 Å². The Morgan fingerprint density at radius 2 is 1.78 bits per heavy atom. The minimum Gasteiger partial charge on any atom is -0.469 e. The quantitative estimate of drug-likeness (QED) is 0.661. The maximum absolute atomic E-state index is 12.1. The molecule has 0 aromatic heterocycles. The van der Waals surface area contributed by atoms with E-state index in [9.17, 15) is 14.4 Å². The Bertz CT molecular complexity index is 533. The number of methoxy groups -OCH3 is 2. The number of ether oxygens (including phenoxy) is 2. The molecule has 1 aromatic carbocycles. The van der Waals surface area contributed by atoms with E-state index in [0.717, 1.165) is 5.56 Å². The molecule has 0 unspecified atom stereocenters. The maximum atomic E-state index is 12.1. The molecule has 7 nitrogen and oxygen atoms in total. The van der Waals surface area contributed by atoms with Gasteiger partial charge >= 0.3 is 11.9 Å². The standard InChI is InChI=1S/C16H22N2O5/c1-22-14(19)9-8-13(16(21)23-2)18-15(20)12(17)10-11-6-4-3-5-7-11/h3-7,12-13H,8-10,17H2,1-2H3,(H,18,20)/t12-,13-/m0/s1. The Labute approximate surface area is 135 Å². The number of carbonyl (C=O) groups is 3. The van der Waals surface area contributed by atoms with E-state index in [1.54, 1.807) is 0 Å². The fraction of sp³-hybridized carbons (Fsp3) is 0.438. The first-order valence-electron chi connectivity index (χ1n) is 7.22. The van der Waals surface area contributed by atoms with Crippen LogP contribution < -0.4 is 11.1 Å². The molecule has 0 aliphatic carbocycles. The molecule has 0 bridgehead atoms. The van der Waals surface area contributed by atoms with Gasteiger partial charge in [-0.25, -0.2) is 4.79 Å². The maximum Gasteiger partial charge on any atom is 0.328 e. The number of nitrogens with two attached hydrogens (primary N) is 1. The molecule has 0 fully saturated rings. The fourth-order valence-electron chi connectivity index (χ4n) is 1.99. The highest BCUT2D eigenvalue weighted by atomic mass is 16.5. The highest BCUT2D eigenvalue weighted by Crippen LogP contribution is 2.05. The average Bonchev–Trinajstić information content (AvgIpc) is 2.58. The Morgan fingerprint density at radius 3 is 2.35 bits per heavy atom. The van der Waals surface area contributed by atoms with Crippen LogP contribution in [0.25, 0.3) is 0 Å². The van der Waals surface area contributed by atoms with E-state index in [-0.39, 0.29) is 12.8 Å². The van der Waals surface area contributed by atoms with Crippen molar-refractivity contribution in [1.29, 1.82) is 0 Å². The first-order chi connectivity index (χ1) is 11.0. The molecule has 0 radical (unpaired) electrons. The van der Waals surface area contributed by atoms with Crippen molar-refractivity contribution in [3.63, 3.8) is 0 Å². The van der Waals surface area contributed by atoms with Gasteiger partial charge in [0.1, 0.15) is 6.04 Å². The highest BCUT2D eigenvalue weighted by molar-refractivity contribution is 5.87. The molecule has 0 heterocycles. The van der Waals surface area contributed by atoms with Crippen molar-refractivity contribution in [3.05, 3.63) is 35.9 Å². The van der Waals surface area contributed by atoms with Crippen LogP contribution in [0.3, 0.4) is 0 Å². The molecule has 0 saturated carbocycles. The normalized spacial score (nSPS) is 12.8. The predicted octanol–water partition coefficient (Wildman–Crippen LogP) is 0.167. The average molecular weight is 322 g/mol. The van der Waals surface area contributed by atoms with Gasteiger partial charge in [0, 0.05) is 6.42 Å². The summed E-state index contributed by atoms with van der Waals surface area (Å²) in [4.78, 5) is 35.0. The zero-order valence-corrected chi connectivity index (χ0v) is 13.3. The fourth-order valence-corrected chi connectivity index (χ4v) is 1.99. The second-order valence-electron chi connectivity index (χ2n) is 5.00. The van der Waals surface area contributed by atoms with Crippen molar-refractivity contribution in [2.45, 2.75) is 31.3 Å². The zero-order chi connectivity index (χ0) is 17.2. The SMILES string of the molecule is COC(=O)CC[C@H](NC(=O)[C@@H](N)Cc1ccccc1)C(=O)OC. The van der Waals surface area contributed by atoms with Crippen LogP contribution in [0.2, 0.25) is 0 Å². The van der Waals surface area contributed by atoms with Gasteiger partial charge in [-0.15, -0.1) is 0 Å². The number of esters is 2. The topological polar surface area (TPSA) is 108 Å². The number of amides is 1. The Balaban J connectivity index is 2.60. The Hall–Kier alpha value is -2.41. The summed E-state index contributed by atoms with van der Waals surface area (Å²) in [6.07, 6.45) is 0.422. The summed E-state index contributed by atoms with van der Waals surface area (Å²) in [5.74, 6) is -1.58. The Kier molecular flexibility index (Phi) is 7.76. The number of hydrogen-bond donors (Lipinski definition) is 2. The summed E-state index contributed by atoms with van der Waals surface area (Å²) >= 11 is 0. The summed E-state index contributed by atoms with van der Waals surface area (Å²) in [5.41, 5.74) is 6.78. The van der Waals surface area contributed by atoms with Crippen molar-refractivity contribution >= 4 is 17.8 Å². The molecule has 1 rings (SSSR count). The summed E-state index contributed by atoms with van der Waals surface area (Å²) < 4.78 is 9.15. The van der Waals surface area contributed by atoms with Crippen LogP contribution in [0.5, 0.6) is 0 Å². The predicted molar refractivity (Wildman–Crippen MR) is 83.3 cm³/mol. The smallest absolute Gasteiger partial charge is 0.328 e. The van der Waals surface area contributed by atoms with Gasteiger partial charge in [0.2, 0.25) is 5.91 Å². The number of nitrogens with one attached hydrogen (secondary N) is 1. The molecule has 0 aliphatic rings. The van der Waals surface area contributed by atoms with Gasteiger partial charge in [-0.1, -0.05) is 30.3 Å². The third kappa shape index (κ3) is 6.48. The molecule has 3 N–H and O–H groups in total. The zero-order valence-electron chi connectivity index (χ0n) is 13.3. The van der Waals surface area contributed by atoms with Crippen LogP contribution in [0, 0.1) is 0 Å². The number of benzene rings is 1. The monoisotopic (exact) mass is 322 g/mol. The van der Waals surface area contributed by atoms with E-state index in [0.29, 0.717) is 6.42 Å². The molecular formula is C16H22N2O5. The third-order valence-corrected chi connectivity index (χ3v) is 3.30. The van der Waals surface area contributed by atoms with Gasteiger partial charge in [0.05, 0.1) is 20.3 Å². The van der Waals surface area contributed by atoms with Crippen LogP contribution in [-0.4, -0.2) is 44.1 Å². The molecule has 126 valence electrons. The lowest BCUT2D eigenvalue weighted by atomic mass is 10.1. The largest absolute Gasteiger partial charge is 0.469 e. The van der Waals surface area contributed by atoms with E-state index in [4.69, 9.17) is 5.73 Å². The van der Waals surface area contributed by atoms with E-state index in [2.05, 4.69) is 14.8 Å². The van der Waals surface area contributed by atoms with Crippen LogP contribution in [-0.2, 0) is 30.3 Å². The second-order valence-corrected chi connectivity index (χ2v) is 5.00. The van der Waals surface area contributed by atoms with E-state index >= 15 is 0 Å². The summed E-state index contributed by atoms with van der Waals surface area (Å²) in [6, 6.07) is 7.57. The lowest BCUT2D eigenvalue weighted by Gasteiger charge is -2.19. The Morgan fingerprint density at radius 1 is 1.13 bits per heavy atom. The molecule has 0 saturated heterocycles. The van der Waals surface area contributed by atoms with Crippen molar-refractivity contribution < 1.29 is 23.9 Å². The first kappa shape index (κ1) is 18.6. The summed E-state index contributed by atoms with van der Waals surface area (Å²) in [5, 5.41) is 2.52. The lowest BCUT2D eigenvalue weighted by molar-refractivity contribution is -0.146. The van der Waals surface area contributed by atoms with Gasteiger partial charge in [0.15, 0.2) is 0 Å². The van der Waals surface area contributed by atoms with Gasteiger partial charge in [-0.05, 0) is 18.4 Å². The van der Waals surface area contributed by atoms with Crippen molar-refractivity contribution in [2.24, 2.45) is 5.73 Å². The number of carbonyl (C=O) groups excluding carboxylic acids is 3. The van der Waals surface area contributed by atoms with Crippen LogP contribution in [0.15, 0.2) is 30.3 Å². The second kappa shape index (κ2) is 9.58. The number of hydrogen-bond acceptors (Lipinski definition) is 6.